The monoisotopic (exact) mass is 300 g/mol. The number of sulfone groups is 1. The maximum absolute atomic E-state index is 12.2. The molecule has 0 aliphatic rings. The third-order valence-corrected chi connectivity index (χ3v) is 4.53. The molecule has 0 radical (unpaired) electrons. The van der Waals surface area contributed by atoms with Crippen molar-refractivity contribution < 1.29 is 12.9 Å². The molecular formula is C15H12N2O3S. The van der Waals surface area contributed by atoms with Crippen LogP contribution in [0.1, 0.15) is 5.89 Å². The lowest BCUT2D eigenvalue weighted by Crippen LogP contribution is -2.05. The van der Waals surface area contributed by atoms with E-state index in [0.29, 0.717) is 5.82 Å². The molecule has 1 aromatic heterocycles. The van der Waals surface area contributed by atoms with Crippen LogP contribution in [0.3, 0.4) is 0 Å². The highest BCUT2D eigenvalue weighted by molar-refractivity contribution is 7.90. The minimum Gasteiger partial charge on any atom is -0.338 e. The van der Waals surface area contributed by atoms with Crippen LogP contribution in [0, 0.1) is 0 Å². The first-order chi connectivity index (χ1) is 10.1. The van der Waals surface area contributed by atoms with Crippen LogP contribution in [0.5, 0.6) is 0 Å². The molecule has 0 bridgehead atoms. The van der Waals surface area contributed by atoms with Crippen LogP contribution < -0.4 is 0 Å². The zero-order valence-corrected chi connectivity index (χ0v) is 11.8. The Morgan fingerprint density at radius 3 is 2.19 bits per heavy atom. The molecule has 0 saturated heterocycles. The van der Waals surface area contributed by atoms with Crippen LogP contribution in [0.25, 0.3) is 11.4 Å². The average Bonchev–Trinajstić information content (AvgIpc) is 2.97. The van der Waals surface area contributed by atoms with E-state index in [1.54, 1.807) is 30.3 Å². The van der Waals surface area contributed by atoms with Crippen molar-refractivity contribution in [3.8, 4) is 11.4 Å². The van der Waals surface area contributed by atoms with Gasteiger partial charge in [-0.15, -0.1) is 0 Å². The second-order valence-corrected chi connectivity index (χ2v) is 6.44. The maximum atomic E-state index is 12.2. The molecule has 0 saturated carbocycles. The van der Waals surface area contributed by atoms with E-state index in [1.807, 2.05) is 30.3 Å². The molecule has 106 valence electrons. The van der Waals surface area contributed by atoms with Crippen molar-refractivity contribution in [2.24, 2.45) is 0 Å². The molecule has 6 heteroatoms. The van der Waals surface area contributed by atoms with Crippen molar-refractivity contribution in [1.82, 2.24) is 10.1 Å². The van der Waals surface area contributed by atoms with E-state index in [4.69, 9.17) is 4.52 Å². The molecule has 0 spiro atoms. The van der Waals surface area contributed by atoms with Crippen LogP contribution in [0.15, 0.2) is 70.1 Å². The fourth-order valence-corrected chi connectivity index (χ4v) is 3.07. The third-order valence-electron chi connectivity index (χ3n) is 2.92. The second-order valence-electron chi connectivity index (χ2n) is 4.45. The van der Waals surface area contributed by atoms with Gasteiger partial charge in [-0.05, 0) is 12.1 Å². The van der Waals surface area contributed by atoms with Crippen molar-refractivity contribution in [2.45, 2.75) is 10.6 Å². The first kappa shape index (κ1) is 13.5. The largest absolute Gasteiger partial charge is 0.338 e. The zero-order valence-electron chi connectivity index (χ0n) is 11.0. The van der Waals surface area contributed by atoms with Gasteiger partial charge in [-0.3, -0.25) is 0 Å². The van der Waals surface area contributed by atoms with Crippen molar-refractivity contribution in [1.29, 1.82) is 0 Å². The lowest BCUT2D eigenvalue weighted by Gasteiger charge is -2.00. The first-order valence-electron chi connectivity index (χ1n) is 6.31. The Labute approximate surface area is 122 Å². The summed E-state index contributed by atoms with van der Waals surface area (Å²) in [5, 5.41) is 3.81. The Morgan fingerprint density at radius 2 is 1.52 bits per heavy atom. The molecule has 21 heavy (non-hydrogen) atoms. The molecule has 0 amide bonds. The minimum atomic E-state index is -3.48. The molecule has 5 nitrogen and oxygen atoms in total. The van der Waals surface area contributed by atoms with Crippen LogP contribution >= 0.6 is 0 Å². The van der Waals surface area contributed by atoms with E-state index in [1.165, 1.54) is 0 Å². The summed E-state index contributed by atoms with van der Waals surface area (Å²) in [5.74, 6) is 0.156. The van der Waals surface area contributed by atoms with Gasteiger partial charge in [0.15, 0.2) is 9.84 Å². The zero-order chi connectivity index (χ0) is 14.7. The molecule has 2 aromatic carbocycles. The first-order valence-corrected chi connectivity index (χ1v) is 7.96. The lowest BCUT2D eigenvalue weighted by molar-refractivity contribution is 0.389. The predicted molar refractivity (Wildman–Crippen MR) is 77.1 cm³/mol. The lowest BCUT2D eigenvalue weighted by atomic mass is 10.2. The standard InChI is InChI=1S/C15H12N2O3S/c18-21(19,13-9-5-2-6-10-13)11-14-16-15(17-20-14)12-7-3-1-4-8-12/h1-10H,11H2. The van der Waals surface area contributed by atoms with Crippen molar-refractivity contribution >= 4 is 9.84 Å². The molecule has 0 unspecified atom stereocenters. The summed E-state index contributed by atoms with van der Waals surface area (Å²) in [6.45, 7) is 0. The van der Waals surface area contributed by atoms with Crippen LogP contribution in [0.4, 0.5) is 0 Å². The van der Waals surface area contributed by atoms with Gasteiger partial charge in [-0.1, -0.05) is 53.7 Å². The molecule has 3 aromatic rings. The topological polar surface area (TPSA) is 73.1 Å². The van der Waals surface area contributed by atoms with E-state index >= 15 is 0 Å². The maximum Gasteiger partial charge on any atom is 0.242 e. The summed E-state index contributed by atoms with van der Waals surface area (Å²) in [6.07, 6.45) is 0. The molecule has 0 fully saturated rings. The summed E-state index contributed by atoms with van der Waals surface area (Å²) < 4.78 is 29.5. The molecule has 0 atom stereocenters. The summed E-state index contributed by atoms with van der Waals surface area (Å²) in [4.78, 5) is 4.37. The molecule has 0 N–H and O–H groups in total. The highest BCUT2D eigenvalue weighted by atomic mass is 32.2. The van der Waals surface area contributed by atoms with Gasteiger partial charge < -0.3 is 4.52 Å². The van der Waals surface area contributed by atoms with Crippen LogP contribution in [-0.2, 0) is 15.6 Å². The highest BCUT2D eigenvalue weighted by Crippen LogP contribution is 2.18. The highest BCUT2D eigenvalue weighted by Gasteiger charge is 2.19. The smallest absolute Gasteiger partial charge is 0.242 e. The van der Waals surface area contributed by atoms with Crippen molar-refractivity contribution in [3.05, 3.63) is 66.6 Å². The molecule has 0 aliphatic heterocycles. The molecule has 3 rings (SSSR count). The summed E-state index contributed by atoms with van der Waals surface area (Å²) in [7, 11) is -3.48. The van der Waals surface area contributed by atoms with Gasteiger partial charge in [0.05, 0.1) is 4.90 Å². The Bertz CT molecular complexity index is 828. The van der Waals surface area contributed by atoms with Crippen LogP contribution in [-0.4, -0.2) is 18.6 Å². The molecule has 0 aliphatic carbocycles. The van der Waals surface area contributed by atoms with Crippen LogP contribution in [0.2, 0.25) is 0 Å². The third kappa shape index (κ3) is 3.00. The fourth-order valence-electron chi connectivity index (χ4n) is 1.89. The Kier molecular flexibility index (Phi) is 3.53. The minimum absolute atomic E-state index is 0.0812. The summed E-state index contributed by atoms with van der Waals surface area (Å²) >= 11 is 0. The SMILES string of the molecule is O=S(=O)(Cc1nc(-c2ccccc2)no1)c1ccccc1. The predicted octanol–water partition coefficient (Wildman–Crippen LogP) is 2.71. The number of nitrogens with zero attached hydrogens (tertiary/aromatic N) is 2. The average molecular weight is 300 g/mol. The number of aromatic nitrogens is 2. The van der Waals surface area contributed by atoms with E-state index in [-0.39, 0.29) is 16.5 Å². The van der Waals surface area contributed by atoms with Gasteiger partial charge >= 0.3 is 0 Å². The van der Waals surface area contributed by atoms with E-state index in [2.05, 4.69) is 10.1 Å². The number of hydrogen-bond acceptors (Lipinski definition) is 5. The number of benzene rings is 2. The Hall–Kier alpha value is -2.47. The fraction of sp³-hybridized carbons (Fsp3) is 0.0667. The Balaban J connectivity index is 1.85. The Morgan fingerprint density at radius 1 is 0.905 bits per heavy atom. The normalized spacial score (nSPS) is 11.4. The molecular weight excluding hydrogens is 288 g/mol. The van der Waals surface area contributed by atoms with Gasteiger partial charge in [0.2, 0.25) is 11.7 Å². The summed E-state index contributed by atoms with van der Waals surface area (Å²) in [6, 6.07) is 17.5. The van der Waals surface area contributed by atoms with Gasteiger partial charge in [0.25, 0.3) is 0 Å². The van der Waals surface area contributed by atoms with E-state index in [9.17, 15) is 8.42 Å². The number of hydrogen-bond donors (Lipinski definition) is 0. The van der Waals surface area contributed by atoms with Gasteiger partial charge in [-0.2, -0.15) is 4.98 Å². The van der Waals surface area contributed by atoms with Crippen molar-refractivity contribution in [3.63, 3.8) is 0 Å². The van der Waals surface area contributed by atoms with Crippen molar-refractivity contribution in [2.75, 3.05) is 0 Å². The van der Waals surface area contributed by atoms with E-state index in [0.717, 1.165) is 5.56 Å². The number of rotatable bonds is 4. The van der Waals surface area contributed by atoms with Gasteiger partial charge in [0.1, 0.15) is 5.75 Å². The van der Waals surface area contributed by atoms with Gasteiger partial charge in [-0.25, -0.2) is 8.42 Å². The van der Waals surface area contributed by atoms with E-state index < -0.39 is 9.84 Å². The van der Waals surface area contributed by atoms with Gasteiger partial charge in [0, 0.05) is 5.56 Å². The molecule has 1 heterocycles. The second kappa shape index (κ2) is 5.49. The quantitative estimate of drug-likeness (QED) is 0.740. The summed E-state index contributed by atoms with van der Waals surface area (Å²) in [5.41, 5.74) is 0.782.